The van der Waals surface area contributed by atoms with Gasteiger partial charge in [0.2, 0.25) is 5.13 Å². The molecule has 12 heteroatoms. The minimum Gasteiger partial charge on any atom is -0.296 e. The molecular weight excluding hydrogens is 497 g/mol. The molecule has 0 unspecified atom stereocenters. The summed E-state index contributed by atoms with van der Waals surface area (Å²) < 4.78 is 42.9. The van der Waals surface area contributed by atoms with Crippen LogP contribution < -0.4 is 9.62 Å². The Morgan fingerprint density at radius 1 is 1.12 bits per heavy atom. The van der Waals surface area contributed by atoms with Crippen molar-refractivity contribution in [2.75, 3.05) is 29.5 Å². The van der Waals surface area contributed by atoms with E-state index in [4.69, 9.17) is 0 Å². The number of nitrogens with one attached hydrogen (secondary N) is 1. The van der Waals surface area contributed by atoms with E-state index >= 15 is 0 Å². The van der Waals surface area contributed by atoms with Crippen molar-refractivity contribution < 1.29 is 17.6 Å². The summed E-state index contributed by atoms with van der Waals surface area (Å²) in [6.07, 6.45) is 0. The van der Waals surface area contributed by atoms with E-state index in [2.05, 4.69) is 29.4 Å². The van der Waals surface area contributed by atoms with Crippen molar-refractivity contribution in [3.63, 3.8) is 0 Å². The second-order valence-electron chi connectivity index (χ2n) is 7.98. The number of amides is 1. The Labute approximate surface area is 207 Å². The molecule has 0 saturated carbocycles. The molecule has 0 fully saturated rings. The quantitative estimate of drug-likeness (QED) is 0.311. The highest BCUT2D eigenvalue weighted by atomic mass is 32.2. The van der Waals surface area contributed by atoms with Gasteiger partial charge >= 0.3 is 10.2 Å². The van der Waals surface area contributed by atoms with Gasteiger partial charge in [0, 0.05) is 25.4 Å². The fourth-order valence-corrected chi connectivity index (χ4v) is 5.62. The Morgan fingerprint density at radius 3 is 2.41 bits per heavy atom. The molecule has 2 aromatic carbocycles. The molecule has 182 valence electrons. The molecule has 0 spiro atoms. The van der Waals surface area contributed by atoms with Crippen LogP contribution in [-0.4, -0.2) is 48.7 Å². The zero-order valence-electron chi connectivity index (χ0n) is 19.2. The molecule has 8 nitrogen and oxygen atoms in total. The second kappa shape index (κ2) is 11.3. The molecule has 1 heterocycles. The van der Waals surface area contributed by atoms with Gasteiger partial charge < -0.3 is 0 Å². The molecular formula is C22H26FN5O3S3. The highest BCUT2D eigenvalue weighted by molar-refractivity contribution is 8.01. The van der Waals surface area contributed by atoms with Gasteiger partial charge in [-0.25, -0.2) is 4.39 Å². The van der Waals surface area contributed by atoms with Crippen LogP contribution in [0.4, 0.5) is 15.2 Å². The van der Waals surface area contributed by atoms with Crippen molar-refractivity contribution in [2.24, 2.45) is 5.92 Å². The van der Waals surface area contributed by atoms with E-state index in [0.717, 1.165) is 18.7 Å². The molecule has 3 rings (SSSR count). The zero-order valence-corrected chi connectivity index (χ0v) is 21.7. The number of halogens is 1. The van der Waals surface area contributed by atoms with Gasteiger partial charge in [-0.1, -0.05) is 61.2 Å². The lowest BCUT2D eigenvalue weighted by molar-refractivity contribution is 0.102. The Kier molecular flexibility index (Phi) is 8.63. The molecule has 34 heavy (non-hydrogen) atoms. The number of carbonyl (C=O) groups excluding carboxylic acids is 1. The fraction of sp³-hybridized carbons (Fsp3) is 0.318. The van der Waals surface area contributed by atoms with Crippen molar-refractivity contribution in [3.05, 3.63) is 65.5 Å². The van der Waals surface area contributed by atoms with Gasteiger partial charge in [0.15, 0.2) is 4.34 Å². The first kappa shape index (κ1) is 26.1. The van der Waals surface area contributed by atoms with E-state index in [1.54, 1.807) is 42.1 Å². The van der Waals surface area contributed by atoms with Gasteiger partial charge in [0.1, 0.15) is 5.82 Å². The molecule has 1 amide bonds. The van der Waals surface area contributed by atoms with Crippen molar-refractivity contribution in [3.8, 4) is 0 Å². The summed E-state index contributed by atoms with van der Waals surface area (Å²) in [5, 5.41) is 11.2. The number of nitrogens with zero attached hydrogens (tertiary/aromatic N) is 4. The van der Waals surface area contributed by atoms with Gasteiger partial charge in [-0.2, -0.15) is 12.7 Å². The average molecular weight is 524 g/mol. The normalized spacial score (nSPS) is 11.7. The average Bonchev–Trinajstić information content (AvgIpc) is 3.24. The minimum atomic E-state index is -3.96. The first-order valence-corrected chi connectivity index (χ1v) is 13.6. The SMILES string of the molecule is CC(C)CSc1nnc(NC(=O)c2ccc(CN(c3ccccc3F)S(=O)(=O)N(C)C)cc2)s1. The number of aromatic nitrogens is 2. The van der Waals surface area contributed by atoms with Gasteiger partial charge in [-0.15, -0.1) is 10.2 Å². The van der Waals surface area contributed by atoms with Gasteiger partial charge in [-0.3, -0.25) is 14.4 Å². The molecule has 3 aromatic rings. The van der Waals surface area contributed by atoms with Crippen molar-refractivity contribution in [2.45, 2.75) is 24.7 Å². The minimum absolute atomic E-state index is 0.0552. The topological polar surface area (TPSA) is 95.5 Å². The molecule has 1 N–H and O–H groups in total. The van der Waals surface area contributed by atoms with E-state index in [1.807, 2.05) is 0 Å². The second-order valence-corrected chi connectivity index (χ2v) is 12.3. The van der Waals surface area contributed by atoms with Gasteiger partial charge in [0.25, 0.3) is 5.91 Å². The standard InChI is InChI=1S/C22H26FN5O3S3/c1-15(2)14-32-22-26-25-21(33-22)24-20(29)17-11-9-16(10-12-17)13-28(34(30,31)27(3)4)19-8-6-5-7-18(19)23/h5-12,15H,13-14H2,1-4H3,(H,24,25,29). The lowest BCUT2D eigenvalue weighted by atomic mass is 10.1. The van der Waals surface area contributed by atoms with Crippen molar-refractivity contribution >= 4 is 50.0 Å². The van der Waals surface area contributed by atoms with Gasteiger partial charge in [-0.05, 0) is 35.7 Å². The molecule has 0 saturated heterocycles. The maximum Gasteiger partial charge on any atom is 0.303 e. The first-order valence-electron chi connectivity index (χ1n) is 10.4. The van der Waals surface area contributed by atoms with Crippen LogP contribution >= 0.6 is 23.1 Å². The number of hydrogen-bond donors (Lipinski definition) is 1. The molecule has 0 radical (unpaired) electrons. The fourth-order valence-electron chi connectivity index (χ4n) is 2.80. The maximum atomic E-state index is 14.4. The van der Waals surface area contributed by atoms with Crippen LogP contribution in [0.15, 0.2) is 52.9 Å². The summed E-state index contributed by atoms with van der Waals surface area (Å²) in [6.45, 7) is 4.13. The zero-order chi connectivity index (χ0) is 24.9. The maximum absolute atomic E-state index is 14.4. The lowest BCUT2D eigenvalue weighted by Crippen LogP contribution is -2.40. The van der Waals surface area contributed by atoms with Crippen LogP contribution in [-0.2, 0) is 16.8 Å². The summed E-state index contributed by atoms with van der Waals surface area (Å²) in [5.41, 5.74) is 0.914. The van der Waals surface area contributed by atoms with E-state index < -0.39 is 16.0 Å². The number of rotatable bonds is 10. The molecule has 0 atom stereocenters. The summed E-state index contributed by atoms with van der Waals surface area (Å²) in [6, 6.07) is 12.1. The number of hydrogen-bond acceptors (Lipinski definition) is 7. The van der Waals surface area contributed by atoms with Crippen molar-refractivity contribution in [1.29, 1.82) is 0 Å². The summed E-state index contributed by atoms with van der Waals surface area (Å²) >= 11 is 2.90. The smallest absolute Gasteiger partial charge is 0.296 e. The van der Waals surface area contributed by atoms with Crippen LogP contribution in [0.5, 0.6) is 0 Å². The Balaban J connectivity index is 1.73. The third-order valence-electron chi connectivity index (χ3n) is 4.57. The monoisotopic (exact) mass is 523 g/mol. The third-order valence-corrected chi connectivity index (χ3v) is 8.77. The molecule has 0 aliphatic heterocycles. The van der Waals surface area contributed by atoms with Crippen LogP contribution in [0.25, 0.3) is 0 Å². The predicted molar refractivity (Wildman–Crippen MR) is 135 cm³/mol. The molecule has 1 aromatic heterocycles. The highest BCUT2D eigenvalue weighted by Crippen LogP contribution is 2.28. The van der Waals surface area contributed by atoms with E-state index in [0.29, 0.717) is 22.2 Å². The van der Waals surface area contributed by atoms with Crippen LogP contribution in [0, 0.1) is 11.7 Å². The first-order chi connectivity index (χ1) is 16.1. The molecule has 0 aliphatic carbocycles. The lowest BCUT2D eigenvalue weighted by Gasteiger charge is -2.27. The highest BCUT2D eigenvalue weighted by Gasteiger charge is 2.27. The van der Waals surface area contributed by atoms with Gasteiger partial charge in [0.05, 0.1) is 12.2 Å². The Hall–Kier alpha value is -2.54. The Morgan fingerprint density at radius 2 is 1.79 bits per heavy atom. The molecule has 0 aliphatic rings. The third kappa shape index (κ3) is 6.53. The molecule has 0 bridgehead atoms. The van der Waals surface area contributed by atoms with E-state index in [-0.39, 0.29) is 18.1 Å². The Bertz CT molecular complexity index is 1230. The number of thioether (sulfide) groups is 1. The van der Waals surface area contributed by atoms with E-state index in [9.17, 15) is 17.6 Å². The number of benzene rings is 2. The van der Waals surface area contributed by atoms with Crippen LogP contribution in [0.2, 0.25) is 0 Å². The largest absolute Gasteiger partial charge is 0.303 e. The predicted octanol–water partition coefficient (Wildman–Crippen LogP) is 4.49. The van der Waals surface area contributed by atoms with Crippen LogP contribution in [0.1, 0.15) is 29.8 Å². The number of para-hydroxylation sites is 1. The number of anilines is 2. The summed E-state index contributed by atoms with van der Waals surface area (Å²) in [4.78, 5) is 12.6. The summed E-state index contributed by atoms with van der Waals surface area (Å²) in [5.74, 6) is 0.437. The van der Waals surface area contributed by atoms with Crippen LogP contribution in [0.3, 0.4) is 0 Å². The van der Waals surface area contributed by atoms with Crippen molar-refractivity contribution in [1.82, 2.24) is 14.5 Å². The number of carbonyl (C=O) groups is 1. The summed E-state index contributed by atoms with van der Waals surface area (Å²) in [7, 11) is -1.18. The van der Waals surface area contributed by atoms with E-state index in [1.165, 1.54) is 43.6 Å².